The first kappa shape index (κ1) is 15.1. The van der Waals surface area contributed by atoms with E-state index < -0.39 is 0 Å². The Morgan fingerprint density at radius 1 is 1.41 bits per heavy atom. The fraction of sp³-hybridized carbons (Fsp3) is 0.500. The van der Waals surface area contributed by atoms with E-state index in [4.69, 9.17) is 9.26 Å². The fourth-order valence-electron chi connectivity index (χ4n) is 2.51. The average molecular weight is 305 g/mol. The minimum Gasteiger partial charge on any atom is -0.377 e. The van der Waals surface area contributed by atoms with Gasteiger partial charge in [0.05, 0.1) is 6.54 Å². The SMILES string of the molecule is COCc1noc(CN(CCc2cccc(F)c2)C2CC2)n1. The molecular weight excluding hydrogens is 285 g/mol. The fourth-order valence-corrected chi connectivity index (χ4v) is 2.51. The van der Waals surface area contributed by atoms with E-state index in [1.807, 2.05) is 6.07 Å². The molecule has 1 saturated carbocycles. The first-order valence-electron chi connectivity index (χ1n) is 7.53. The Kier molecular flexibility index (Phi) is 4.80. The number of aromatic nitrogens is 2. The van der Waals surface area contributed by atoms with Crippen molar-refractivity contribution < 1.29 is 13.7 Å². The van der Waals surface area contributed by atoms with E-state index in [-0.39, 0.29) is 5.82 Å². The molecule has 1 aromatic carbocycles. The van der Waals surface area contributed by atoms with Gasteiger partial charge in [0, 0.05) is 19.7 Å². The van der Waals surface area contributed by atoms with Gasteiger partial charge in [0.2, 0.25) is 5.89 Å². The smallest absolute Gasteiger partial charge is 0.240 e. The molecule has 1 aliphatic rings. The first-order valence-corrected chi connectivity index (χ1v) is 7.53. The van der Waals surface area contributed by atoms with Crippen molar-refractivity contribution in [3.8, 4) is 0 Å². The van der Waals surface area contributed by atoms with Crippen molar-refractivity contribution in [3.63, 3.8) is 0 Å². The summed E-state index contributed by atoms with van der Waals surface area (Å²) >= 11 is 0. The van der Waals surface area contributed by atoms with E-state index in [1.165, 1.54) is 18.9 Å². The molecular formula is C16H20FN3O2. The number of methoxy groups -OCH3 is 1. The van der Waals surface area contributed by atoms with Crippen molar-refractivity contribution in [1.82, 2.24) is 15.0 Å². The van der Waals surface area contributed by atoms with E-state index in [2.05, 4.69) is 15.0 Å². The lowest BCUT2D eigenvalue weighted by Gasteiger charge is -2.19. The molecule has 1 aromatic heterocycles. The highest BCUT2D eigenvalue weighted by atomic mass is 19.1. The lowest BCUT2D eigenvalue weighted by molar-refractivity contribution is 0.174. The molecule has 0 bridgehead atoms. The molecule has 0 spiro atoms. The summed E-state index contributed by atoms with van der Waals surface area (Å²) in [5, 5.41) is 3.88. The summed E-state index contributed by atoms with van der Waals surface area (Å²) in [5.74, 6) is 0.994. The van der Waals surface area contributed by atoms with Crippen LogP contribution in [0.5, 0.6) is 0 Å². The van der Waals surface area contributed by atoms with Gasteiger partial charge >= 0.3 is 0 Å². The standard InChI is InChI=1S/C16H20FN3O2/c1-21-11-15-18-16(22-19-15)10-20(14-5-6-14)8-7-12-3-2-4-13(17)9-12/h2-4,9,14H,5-8,10-11H2,1H3. The molecule has 0 aliphatic heterocycles. The lowest BCUT2D eigenvalue weighted by Crippen LogP contribution is -2.28. The summed E-state index contributed by atoms with van der Waals surface area (Å²) in [6.07, 6.45) is 3.21. The van der Waals surface area contributed by atoms with Crippen molar-refractivity contribution >= 4 is 0 Å². The van der Waals surface area contributed by atoms with Crippen LogP contribution in [0.4, 0.5) is 4.39 Å². The molecule has 0 atom stereocenters. The quantitative estimate of drug-likeness (QED) is 0.750. The first-order chi connectivity index (χ1) is 10.7. The van der Waals surface area contributed by atoms with Crippen LogP contribution >= 0.6 is 0 Å². The van der Waals surface area contributed by atoms with Crippen LogP contribution in [0, 0.1) is 5.82 Å². The number of hydrogen-bond acceptors (Lipinski definition) is 5. The summed E-state index contributed by atoms with van der Waals surface area (Å²) in [5.41, 5.74) is 1.01. The number of nitrogens with zero attached hydrogens (tertiary/aromatic N) is 3. The molecule has 0 amide bonds. The number of benzene rings is 1. The molecule has 118 valence electrons. The van der Waals surface area contributed by atoms with Crippen LogP contribution in [-0.4, -0.2) is 34.7 Å². The van der Waals surface area contributed by atoms with Gasteiger partial charge in [-0.3, -0.25) is 4.90 Å². The number of hydrogen-bond donors (Lipinski definition) is 0. The Morgan fingerprint density at radius 3 is 3.00 bits per heavy atom. The van der Waals surface area contributed by atoms with E-state index in [1.54, 1.807) is 19.2 Å². The van der Waals surface area contributed by atoms with Crippen LogP contribution in [0.25, 0.3) is 0 Å². The van der Waals surface area contributed by atoms with Gasteiger partial charge in [-0.2, -0.15) is 4.98 Å². The number of halogens is 1. The molecule has 5 nitrogen and oxygen atoms in total. The van der Waals surface area contributed by atoms with Crippen molar-refractivity contribution in [3.05, 3.63) is 47.4 Å². The van der Waals surface area contributed by atoms with Crippen molar-refractivity contribution in [2.24, 2.45) is 0 Å². The van der Waals surface area contributed by atoms with E-state index >= 15 is 0 Å². The molecule has 0 unspecified atom stereocenters. The molecule has 6 heteroatoms. The van der Waals surface area contributed by atoms with Crippen LogP contribution in [0.2, 0.25) is 0 Å². The summed E-state index contributed by atoms with van der Waals surface area (Å²) < 4.78 is 23.5. The summed E-state index contributed by atoms with van der Waals surface area (Å²) in [6, 6.07) is 7.34. The van der Waals surface area contributed by atoms with Crippen LogP contribution in [0.15, 0.2) is 28.8 Å². The monoisotopic (exact) mass is 305 g/mol. The maximum Gasteiger partial charge on any atom is 0.240 e. The topological polar surface area (TPSA) is 51.4 Å². The molecule has 0 N–H and O–H groups in total. The van der Waals surface area contributed by atoms with E-state index in [9.17, 15) is 4.39 Å². The largest absolute Gasteiger partial charge is 0.377 e. The van der Waals surface area contributed by atoms with Gasteiger partial charge in [-0.15, -0.1) is 0 Å². The Hall–Kier alpha value is -1.79. The summed E-state index contributed by atoms with van der Waals surface area (Å²) in [4.78, 5) is 6.64. The molecule has 0 saturated heterocycles. The third-order valence-electron chi connectivity index (χ3n) is 3.76. The van der Waals surface area contributed by atoms with Crippen LogP contribution in [-0.2, 0) is 24.3 Å². The average Bonchev–Trinajstić information content (AvgIpc) is 3.26. The highest BCUT2D eigenvalue weighted by molar-refractivity contribution is 5.16. The zero-order valence-electron chi connectivity index (χ0n) is 12.7. The normalized spacial score (nSPS) is 14.7. The summed E-state index contributed by atoms with van der Waals surface area (Å²) in [6.45, 7) is 1.85. The summed E-state index contributed by atoms with van der Waals surface area (Å²) in [7, 11) is 1.60. The number of rotatable bonds is 8. The van der Waals surface area contributed by atoms with Gasteiger partial charge in [0.15, 0.2) is 5.82 Å². The highest BCUT2D eigenvalue weighted by Gasteiger charge is 2.29. The van der Waals surface area contributed by atoms with Gasteiger partial charge in [-0.05, 0) is 37.0 Å². The van der Waals surface area contributed by atoms with Crippen LogP contribution in [0.1, 0.15) is 30.1 Å². The maximum absolute atomic E-state index is 13.2. The van der Waals surface area contributed by atoms with Gasteiger partial charge < -0.3 is 9.26 Å². The number of ether oxygens (including phenoxy) is 1. The molecule has 0 radical (unpaired) electrons. The lowest BCUT2D eigenvalue weighted by atomic mass is 10.1. The van der Waals surface area contributed by atoms with E-state index in [0.29, 0.717) is 30.9 Å². The van der Waals surface area contributed by atoms with Crippen molar-refractivity contribution in [2.75, 3.05) is 13.7 Å². The van der Waals surface area contributed by atoms with Crippen LogP contribution < -0.4 is 0 Å². The Labute approximate surface area is 129 Å². The predicted octanol–water partition coefficient (Wildman–Crippen LogP) is 2.56. The van der Waals surface area contributed by atoms with Gasteiger partial charge in [-0.1, -0.05) is 17.3 Å². The predicted molar refractivity (Wildman–Crippen MR) is 78.5 cm³/mol. The Balaban J connectivity index is 1.58. The Bertz CT molecular complexity index is 613. The molecule has 1 aliphatic carbocycles. The van der Waals surface area contributed by atoms with Crippen LogP contribution in [0.3, 0.4) is 0 Å². The molecule has 3 rings (SSSR count). The minimum atomic E-state index is -0.184. The van der Waals surface area contributed by atoms with E-state index in [0.717, 1.165) is 18.5 Å². The second-order valence-corrected chi connectivity index (χ2v) is 5.62. The zero-order chi connectivity index (χ0) is 15.4. The molecule has 1 heterocycles. The maximum atomic E-state index is 13.2. The Morgan fingerprint density at radius 2 is 2.27 bits per heavy atom. The van der Waals surface area contributed by atoms with Gasteiger partial charge in [-0.25, -0.2) is 4.39 Å². The van der Waals surface area contributed by atoms with Gasteiger partial charge in [0.1, 0.15) is 12.4 Å². The third kappa shape index (κ3) is 4.11. The molecule has 2 aromatic rings. The molecule has 22 heavy (non-hydrogen) atoms. The van der Waals surface area contributed by atoms with Gasteiger partial charge in [0.25, 0.3) is 0 Å². The third-order valence-corrected chi connectivity index (χ3v) is 3.76. The zero-order valence-corrected chi connectivity index (χ0v) is 12.7. The molecule has 1 fully saturated rings. The second-order valence-electron chi connectivity index (χ2n) is 5.62. The van der Waals surface area contributed by atoms with Crippen molar-refractivity contribution in [1.29, 1.82) is 0 Å². The van der Waals surface area contributed by atoms with Crippen molar-refractivity contribution in [2.45, 2.75) is 38.5 Å². The highest BCUT2D eigenvalue weighted by Crippen LogP contribution is 2.28. The second kappa shape index (κ2) is 6.98. The minimum absolute atomic E-state index is 0.184.